The number of benzene rings is 1. The molecule has 1 amide bonds. The monoisotopic (exact) mass is 252 g/mol. The van der Waals surface area contributed by atoms with Gasteiger partial charge in [-0.15, -0.1) is 0 Å². The smallest absolute Gasteiger partial charge is 0.260 e. The van der Waals surface area contributed by atoms with Crippen LogP contribution in [0.1, 0.15) is 6.92 Å². The summed E-state index contributed by atoms with van der Waals surface area (Å²) in [7, 11) is 0. The van der Waals surface area contributed by atoms with Crippen molar-refractivity contribution < 1.29 is 13.9 Å². The SMILES string of the molecule is C[C@H]1CNCCN1C(=O)COc1ccc(F)cc1. The average Bonchev–Trinajstić information content (AvgIpc) is 2.38. The number of amides is 1. The first-order chi connectivity index (χ1) is 8.66. The lowest BCUT2D eigenvalue weighted by molar-refractivity contribution is -0.136. The Labute approximate surface area is 106 Å². The molecular weight excluding hydrogens is 235 g/mol. The van der Waals surface area contributed by atoms with Crippen LogP contribution in [0.15, 0.2) is 24.3 Å². The van der Waals surface area contributed by atoms with E-state index in [-0.39, 0.29) is 24.4 Å². The molecule has 0 spiro atoms. The zero-order valence-corrected chi connectivity index (χ0v) is 10.4. The van der Waals surface area contributed by atoms with Crippen LogP contribution >= 0.6 is 0 Å². The Morgan fingerprint density at radius 1 is 1.50 bits per heavy atom. The number of nitrogens with one attached hydrogen (secondary N) is 1. The Balaban J connectivity index is 1.85. The molecule has 5 heteroatoms. The molecule has 2 rings (SSSR count). The van der Waals surface area contributed by atoms with Crippen LogP contribution in [0.25, 0.3) is 0 Å². The van der Waals surface area contributed by atoms with Crippen LogP contribution in [0.5, 0.6) is 5.75 Å². The Morgan fingerprint density at radius 2 is 2.22 bits per heavy atom. The van der Waals surface area contributed by atoms with Crippen LogP contribution in [0.2, 0.25) is 0 Å². The highest BCUT2D eigenvalue weighted by molar-refractivity contribution is 5.78. The number of rotatable bonds is 3. The van der Waals surface area contributed by atoms with Crippen LogP contribution in [-0.4, -0.2) is 43.1 Å². The van der Waals surface area contributed by atoms with Crippen LogP contribution in [0.4, 0.5) is 4.39 Å². The van der Waals surface area contributed by atoms with E-state index in [1.54, 1.807) is 4.90 Å². The highest BCUT2D eigenvalue weighted by Gasteiger charge is 2.22. The lowest BCUT2D eigenvalue weighted by Gasteiger charge is -2.33. The minimum Gasteiger partial charge on any atom is -0.484 e. The summed E-state index contributed by atoms with van der Waals surface area (Å²) in [6.07, 6.45) is 0. The van der Waals surface area contributed by atoms with Gasteiger partial charge in [-0.1, -0.05) is 0 Å². The first-order valence-electron chi connectivity index (χ1n) is 6.05. The van der Waals surface area contributed by atoms with Crippen LogP contribution < -0.4 is 10.1 Å². The minimum absolute atomic E-state index is 0.00400. The van der Waals surface area contributed by atoms with Gasteiger partial charge in [-0.05, 0) is 31.2 Å². The Morgan fingerprint density at radius 3 is 2.89 bits per heavy atom. The van der Waals surface area contributed by atoms with Crippen molar-refractivity contribution in [2.75, 3.05) is 26.2 Å². The van der Waals surface area contributed by atoms with Gasteiger partial charge in [0.15, 0.2) is 6.61 Å². The number of hydrogen-bond donors (Lipinski definition) is 1. The molecule has 1 atom stereocenters. The zero-order chi connectivity index (χ0) is 13.0. The van der Waals surface area contributed by atoms with Crippen molar-refractivity contribution in [3.8, 4) is 5.75 Å². The first-order valence-corrected chi connectivity index (χ1v) is 6.05. The van der Waals surface area contributed by atoms with Gasteiger partial charge < -0.3 is 15.0 Å². The van der Waals surface area contributed by atoms with Crippen molar-refractivity contribution in [1.29, 1.82) is 0 Å². The molecule has 1 N–H and O–H groups in total. The van der Waals surface area contributed by atoms with Crippen molar-refractivity contribution in [3.05, 3.63) is 30.1 Å². The molecule has 1 fully saturated rings. The molecule has 1 aromatic carbocycles. The molecule has 0 bridgehead atoms. The Kier molecular flexibility index (Phi) is 4.15. The van der Waals surface area contributed by atoms with E-state index in [0.717, 1.165) is 13.1 Å². The fraction of sp³-hybridized carbons (Fsp3) is 0.462. The van der Waals surface area contributed by atoms with Gasteiger partial charge in [-0.3, -0.25) is 4.79 Å². The topological polar surface area (TPSA) is 41.6 Å². The maximum Gasteiger partial charge on any atom is 0.260 e. The van der Waals surface area contributed by atoms with Crippen molar-refractivity contribution >= 4 is 5.91 Å². The van der Waals surface area contributed by atoms with Crippen molar-refractivity contribution in [2.24, 2.45) is 0 Å². The second-order valence-corrected chi connectivity index (χ2v) is 4.38. The molecule has 18 heavy (non-hydrogen) atoms. The molecule has 1 aliphatic heterocycles. The summed E-state index contributed by atoms with van der Waals surface area (Å²) in [4.78, 5) is 13.8. The largest absolute Gasteiger partial charge is 0.484 e. The molecule has 0 saturated carbocycles. The van der Waals surface area contributed by atoms with Crippen LogP contribution in [-0.2, 0) is 4.79 Å². The maximum atomic E-state index is 12.7. The normalized spacial score (nSPS) is 19.7. The Hall–Kier alpha value is -1.62. The van der Waals surface area contributed by atoms with Gasteiger partial charge in [0.05, 0.1) is 0 Å². The molecule has 1 aliphatic rings. The van der Waals surface area contributed by atoms with Crippen LogP contribution in [0.3, 0.4) is 0 Å². The standard InChI is InChI=1S/C13H17FN2O2/c1-10-8-15-6-7-16(10)13(17)9-18-12-4-2-11(14)3-5-12/h2-5,10,15H,6-9H2,1H3/t10-/m0/s1. The molecule has 0 aliphatic carbocycles. The molecule has 1 aromatic rings. The van der Waals surface area contributed by atoms with Crippen molar-refractivity contribution in [2.45, 2.75) is 13.0 Å². The summed E-state index contributed by atoms with van der Waals surface area (Å²) in [5.74, 6) is 0.158. The first kappa shape index (κ1) is 12.8. The summed E-state index contributed by atoms with van der Waals surface area (Å²) >= 11 is 0. The Bertz CT molecular complexity index is 408. The summed E-state index contributed by atoms with van der Waals surface area (Å²) in [6, 6.07) is 5.84. The quantitative estimate of drug-likeness (QED) is 0.873. The predicted octanol–water partition coefficient (Wildman–Crippen LogP) is 1.02. The molecule has 1 heterocycles. The van der Waals surface area contributed by atoms with E-state index in [2.05, 4.69) is 5.32 Å². The number of halogens is 1. The van der Waals surface area contributed by atoms with Gasteiger partial charge in [-0.25, -0.2) is 4.39 Å². The van der Waals surface area contributed by atoms with Gasteiger partial charge in [0.25, 0.3) is 5.91 Å². The lowest BCUT2D eigenvalue weighted by Crippen LogP contribution is -2.53. The molecule has 0 unspecified atom stereocenters. The predicted molar refractivity (Wildman–Crippen MR) is 65.9 cm³/mol. The fourth-order valence-electron chi connectivity index (χ4n) is 1.97. The second-order valence-electron chi connectivity index (χ2n) is 4.38. The van der Waals surface area contributed by atoms with Gasteiger partial charge >= 0.3 is 0 Å². The third-order valence-electron chi connectivity index (χ3n) is 3.00. The lowest BCUT2D eigenvalue weighted by atomic mass is 10.2. The van der Waals surface area contributed by atoms with Crippen molar-refractivity contribution in [3.63, 3.8) is 0 Å². The number of hydrogen-bond acceptors (Lipinski definition) is 3. The van der Waals surface area contributed by atoms with E-state index in [9.17, 15) is 9.18 Å². The number of carbonyl (C=O) groups excluding carboxylic acids is 1. The van der Waals surface area contributed by atoms with E-state index in [1.807, 2.05) is 6.92 Å². The zero-order valence-electron chi connectivity index (χ0n) is 10.4. The molecule has 0 radical (unpaired) electrons. The molecule has 98 valence electrons. The number of nitrogens with zero attached hydrogens (tertiary/aromatic N) is 1. The van der Waals surface area contributed by atoms with E-state index in [1.165, 1.54) is 24.3 Å². The van der Waals surface area contributed by atoms with E-state index in [0.29, 0.717) is 12.3 Å². The molecule has 0 aromatic heterocycles. The molecule has 4 nitrogen and oxygen atoms in total. The second kappa shape index (κ2) is 5.82. The highest BCUT2D eigenvalue weighted by Crippen LogP contribution is 2.11. The van der Waals surface area contributed by atoms with E-state index >= 15 is 0 Å². The van der Waals surface area contributed by atoms with Gasteiger partial charge in [0, 0.05) is 25.7 Å². The van der Waals surface area contributed by atoms with Crippen molar-refractivity contribution in [1.82, 2.24) is 10.2 Å². The summed E-state index contributed by atoms with van der Waals surface area (Å²) in [5, 5.41) is 3.22. The minimum atomic E-state index is -0.315. The number of piperazine rings is 1. The summed E-state index contributed by atoms with van der Waals surface area (Å²) in [5.41, 5.74) is 0. The van der Waals surface area contributed by atoms with Gasteiger partial charge in [0.1, 0.15) is 11.6 Å². The third kappa shape index (κ3) is 3.20. The van der Waals surface area contributed by atoms with E-state index in [4.69, 9.17) is 4.74 Å². The fourth-order valence-corrected chi connectivity index (χ4v) is 1.97. The highest BCUT2D eigenvalue weighted by atomic mass is 19.1. The maximum absolute atomic E-state index is 12.7. The van der Waals surface area contributed by atoms with Gasteiger partial charge in [-0.2, -0.15) is 0 Å². The molecule has 1 saturated heterocycles. The molecular formula is C13H17FN2O2. The van der Waals surface area contributed by atoms with Crippen LogP contribution in [0, 0.1) is 5.82 Å². The summed E-state index contributed by atoms with van der Waals surface area (Å²) < 4.78 is 18.0. The van der Waals surface area contributed by atoms with E-state index < -0.39 is 0 Å². The summed E-state index contributed by atoms with van der Waals surface area (Å²) in [6.45, 7) is 4.32. The number of ether oxygens (including phenoxy) is 1. The average molecular weight is 252 g/mol. The number of carbonyl (C=O) groups is 1. The third-order valence-corrected chi connectivity index (χ3v) is 3.00. The van der Waals surface area contributed by atoms with Gasteiger partial charge in [0.2, 0.25) is 0 Å².